The van der Waals surface area contributed by atoms with Crippen molar-refractivity contribution in [1.82, 2.24) is 10.2 Å². The maximum Gasteiger partial charge on any atom is 0.454 e. The third kappa shape index (κ3) is 6.85. The van der Waals surface area contributed by atoms with Crippen LogP contribution < -0.4 is 10.1 Å². The summed E-state index contributed by atoms with van der Waals surface area (Å²) in [6, 6.07) is 12.4. The third-order valence-electron chi connectivity index (χ3n) is 8.12. The summed E-state index contributed by atoms with van der Waals surface area (Å²) in [5, 5.41) is 3.00. The zero-order chi connectivity index (χ0) is 32.5. The SMILES string of the molecule is CCOc1ccc(-c2ccc(C(=O)C(F)(F)F)cc2)cc1CN(C(=O)c1sc2c(F)ccc(F)c2c1Cl)C1CCC(NC)CC1. The van der Waals surface area contributed by atoms with E-state index in [0.717, 1.165) is 48.4 Å². The lowest BCUT2D eigenvalue weighted by Gasteiger charge is -2.37. The van der Waals surface area contributed by atoms with Crippen molar-refractivity contribution in [2.45, 2.75) is 57.4 Å². The van der Waals surface area contributed by atoms with E-state index in [1.807, 2.05) is 14.0 Å². The Morgan fingerprint density at radius 1 is 0.978 bits per heavy atom. The van der Waals surface area contributed by atoms with Crippen molar-refractivity contribution < 1.29 is 36.3 Å². The molecule has 45 heavy (non-hydrogen) atoms. The molecular formula is C33H30ClF5N2O3S. The molecule has 3 aromatic carbocycles. The Balaban J connectivity index is 1.54. The molecule has 0 atom stereocenters. The van der Waals surface area contributed by atoms with Crippen LogP contribution in [0.2, 0.25) is 5.02 Å². The average Bonchev–Trinajstić information content (AvgIpc) is 3.39. The molecule has 1 N–H and O–H groups in total. The van der Waals surface area contributed by atoms with Gasteiger partial charge in [-0.2, -0.15) is 13.2 Å². The molecule has 5 rings (SSSR count). The molecule has 1 saturated carbocycles. The van der Waals surface area contributed by atoms with Gasteiger partial charge in [0, 0.05) is 29.8 Å². The standard InChI is InChI=1S/C33H30ClF5N2O3S/c1-3-44-26-15-8-20(18-4-6-19(7-5-18)31(42)33(37,38)39)16-21(26)17-41(23-11-9-22(40-2)10-12-23)32(43)30-28(34)27-24(35)13-14-25(36)29(27)45-30/h4-8,13-16,22-23,40H,3,9-12,17H2,1-2H3. The Kier molecular flexibility index (Phi) is 9.81. The lowest BCUT2D eigenvalue weighted by Crippen LogP contribution is -2.44. The summed E-state index contributed by atoms with van der Waals surface area (Å²) in [5.41, 5.74) is 1.35. The van der Waals surface area contributed by atoms with E-state index in [1.165, 1.54) is 12.1 Å². The summed E-state index contributed by atoms with van der Waals surface area (Å²) in [6.07, 6.45) is -1.99. The number of Topliss-reactive ketones (excluding diaryl/α,β-unsaturated/α-hetero) is 1. The largest absolute Gasteiger partial charge is 0.494 e. The number of alkyl halides is 3. The van der Waals surface area contributed by atoms with Gasteiger partial charge in [-0.15, -0.1) is 11.3 Å². The molecule has 0 spiro atoms. The van der Waals surface area contributed by atoms with Gasteiger partial charge in [0.05, 0.1) is 21.7 Å². The number of rotatable bonds is 9. The first-order valence-electron chi connectivity index (χ1n) is 14.4. The number of halogens is 6. The van der Waals surface area contributed by atoms with Crippen LogP contribution in [0, 0.1) is 11.6 Å². The van der Waals surface area contributed by atoms with Gasteiger partial charge in [-0.3, -0.25) is 9.59 Å². The summed E-state index contributed by atoms with van der Waals surface area (Å²) in [6.45, 7) is 2.23. The zero-order valence-electron chi connectivity index (χ0n) is 24.4. The van der Waals surface area contributed by atoms with E-state index in [9.17, 15) is 31.5 Å². The number of amides is 1. The second kappa shape index (κ2) is 13.4. The van der Waals surface area contributed by atoms with Crippen molar-refractivity contribution in [3.63, 3.8) is 0 Å². The van der Waals surface area contributed by atoms with E-state index < -0.39 is 35.1 Å². The van der Waals surface area contributed by atoms with Crippen LogP contribution in [0.4, 0.5) is 22.0 Å². The Morgan fingerprint density at radius 2 is 1.62 bits per heavy atom. The zero-order valence-corrected chi connectivity index (χ0v) is 26.0. The van der Waals surface area contributed by atoms with Crippen molar-refractivity contribution in [3.8, 4) is 16.9 Å². The highest BCUT2D eigenvalue weighted by molar-refractivity contribution is 7.21. The topological polar surface area (TPSA) is 58.6 Å². The highest BCUT2D eigenvalue weighted by atomic mass is 35.5. The van der Waals surface area contributed by atoms with Crippen LogP contribution in [0.3, 0.4) is 0 Å². The molecule has 0 radical (unpaired) electrons. The number of nitrogens with one attached hydrogen (secondary N) is 1. The second-order valence-corrected chi connectivity index (χ2v) is 12.3. The molecule has 5 nitrogen and oxygen atoms in total. The van der Waals surface area contributed by atoms with Crippen molar-refractivity contribution in [3.05, 3.63) is 87.3 Å². The number of nitrogens with zero attached hydrogens (tertiary/aromatic N) is 1. The fraction of sp³-hybridized carbons (Fsp3) is 0.333. The van der Waals surface area contributed by atoms with Gasteiger partial charge >= 0.3 is 6.18 Å². The first kappa shape index (κ1) is 32.8. The number of thiophene rings is 1. The van der Waals surface area contributed by atoms with Gasteiger partial charge in [-0.25, -0.2) is 8.78 Å². The minimum atomic E-state index is -4.98. The molecule has 1 amide bonds. The molecule has 1 fully saturated rings. The fourth-order valence-electron chi connectivity index (χ4n) is 5.75. The van der Waals surface area contributed by atoms with E-state index >= 15 is 0 Å². The van der Waals surface area contributed by atoms with Gasteiger partial charge in [0.2, 0.25) is 0 Å². The maximum atomic E-state index is 14.7. The Labute approximate surface area is 265 Å². The molecule has 0 aliphatic heterocycles. The number of ketones is 1. The van der Waals surface area contributed by atoms with Crippen LogP contribution in [0.1, 0.15) is 58.2 Å². The van der Waals surface area contributed by atoms with Gasteiger partial charge in [0.1, 0.15) is 22.3 Å². The molecule has 0 unspecified atom stereocenters. The van der Waals surface area contributed by atoms with E-state index in [-0.39, 0.29) is 32.6 Å². The Morgan fingerprint density at radius 3 is 2.22 bits per heavy atom. The number of carbonyl (C=O) groups excluding carboxylic acids is 2. The van der Waals surface area contributed by atoms with Crippen LogP contribution in [0.5, 0.6) is 5.75 Å². The predicted molar refractivity (Wildman–Crippen MR) is 165 cm³/mol. The quantitative estimate of drug-likeness (QED) is 0.144. The molecule has 12 heteroatoms. The number of ether oxygens (including phenoxy) is 1. The van der Waals surface area contributed by atoms with Crippen molar-refractivity contribution >= 4 is 44.7 Å². The molecule has 1 heterocycles. The number of hydrogen-bond donors (Lipinski definition) is 1. The molecule has 4 aromatic rings. The summed E-state index contributed by atoms with van der Waals surface area (Å²) >= 11 is 7.35. The molecule has 238 valence electrons. The van der Waals surface area contributed by atoms with E-state index in [0.29, 0.717) is 47.9 Å². The van der Waals surface area contributed by atoms with E-state index in [2.05, 4.69) is 5.32 Å². The van der Waals surface area contributed by atoms with Crippen LogP contribution in [-0.2, 0) is 6.54 Å². The normalized spacial score (nSPS) is 17.0. The van der Waals surface area contributed by atoms with Gasteiger partial charge in [-0.1, -0.05) is 41.9 Å². The first-order chi connectivity index (χ1) is 21.4. The van der Waals surface area contributed by atoms with Crippen LogP contribution in [-0.4, -0.2) is 48.5 Å². The van der Waals surface area contributed by atoms with Gasteiger partial charge in [-0.05, 0) is 75.0 Å². The smallest absolute Gasteiger partial charge is 0.454 e. The maximum absolute atomic E-state index is 14.7. The molecule has 0 saturated heterocycles. The minimum Gasteiger partial charge on any atom is -0.494 e. The fourth-order valence-corrected chi connectivity index (χ4v) is 7.25. The number of benzene rings is 3. The molecular weight excluding hydrogens is 635 g/mol. The van der Waals surface area contributed by atoms with Crippen molar-refractivity contribution in [1.29, 1.82) is 0 Å². The molecule has 0 bridgehead atoms. The number of hydrogen-bond acceptors (Lipinski definition) is 5. The number of fused-ring (bicyclic) bond motifs is 1. The minimum absolute atomic E-state index is 0.0328. The summed E-state index contributed by atoms with van der Waals surface area (Å²) in [7, 11) is 1.89. The summed E-state index contributed by atoms with van der Waals surface area (Å²) in [5.74, 6) is -3.28. The monoisotopic (exact) mass is 664 g/mol. The van der Waals surface area contributed by atoms with Crippen LogP contribution in [0.15, 0.2) is 54.6 Å². The second-order valence-electron chi connectivity index (χ2n) is 10.9. The Bertz CT molecular complexity index is 1720. The molecule has 1 aliphatic carbocycles. The highest BCUT2D eigenvalue weighted by Gasteiger charge is 2.39. The van der Waals surface area contributed by atoms with Gasteiger partial charge in [0.25, 0.3) is 11.7 Å². The molecule has 1 aliphatic rings. The average molecular weight is 665 g/mol. The van der Waals surface area contributed by atoms with Gasteiger partial charge in [0.15, 0.2) is 0 Å². The first-order valence-corrected chi connectivity index (χ1v) is 15.6. The third-order valence-corrected chi connectivity index (χ3v) is 9.80. The Hall–Kier alpha value is -3.54. The lowest BCUT2D eigenvalue weighted by atomic mass is 9.89. The predicted octanol–water partition coefficient (Wildman–Crippen LogP) is 8.82. The van der Waals surface area contributed by atoms with E-state index in [4.69, 9.17) is 16.3 Å². The van der Waals surface area contributed by atoms with Gasteiger partial charge < -0.3 is 15.0 Å². The number of carbonyl (C=O) groups is 2. The highest BCUT2D eigenvalue weighted by Crippen LogP contribution is 2.41. The van der Waals surface area contributed by atoms with Crippen molar-refractivity contribution in [2.75, 3.05) is 13.7 Å². The summed E-state index contributed by atoms with van der Waals surface area (Å²) in [4.78, 5) is 27.6. The lowest BCUT2D eigenvalue weighted by molar-refractivity contribution is -0.0885. The van der Waals surface area contributed by atoms with Crippen molar-refractivity contribution in [2.24, 2.45) is 0 Å². The summed E-state index contributed by atoms with van der Waals surface area (Å²) < 4.78 is 73.9. The van der Waals surface area contributed by atoms with E-state index in [1.54, 1.807) is 23.1 Å². The van der Waals surface area contributed by atoms with Crippen LogP contribution >= 0.6 is 22.9 Å². The van der Waals surface area contributed by atoms with Crippen LogP contribution in [0.25, 0.3) is 21.2 Å². The molecule has 1 aromatic heterocycles.